The van der Waals surface area contributed by atoms with Crippen molar-refractivity contribution in [1.29, 1.82) is 0 Å². The van der Waals surface area contributed by atoms with E-state index in [1.54, 1.807) is 30.3 Å². The highest BCUT2D eigenvalue weighted by Gasteiger charge is 2.54. The third-order valence-electron chi connectivity index (χ3n) is 8.10. The van der Waals surface area contributed by atoms with Gasteiger partial charge in [-0.25, -0.2) is 9.18 Å². The van der Waals surface area contributed by atoms with Crippen LogP contribution in [-0.2, 0) is 33.3 Å². The summed E-state index contributed by atoms with van der Waals surface area (Å²) in [6, 6.07) is 22.9. The van der Waals surface area contributed by atoms with Crippen LogP contribution in [0.3, 0.4) is 0 Å². The molecule has 1 heterocycles. The summed E-state index contributed by atoms with van der Waals surface area (Å²) >= 11 is 0. The van der Waals surface area contributed by atoms with E-state index in [0.29, 0.717) is 35.7 Å². The summed E-state index contributed by atoms with van der Waals surface area (Å²) < 4.78 is 60.6. The van der Waals surface area contributed by atoms with Crippen LogP contribution in [0.2, 0.25) is 0 Å². The summed E-state index contributed by atoms with van der Waals surface area (Å²) in [6.45, 7) is 0.0427. The second kappa shape index (κ2) is 10.1. The molecular formula is C33H25F4NO4. The van der Waals surface area contributed by atoms with Gasteiger partial charge in [-0.3, -0.25) is 4.79 Å². The number of anilines is 1. The van der Waals surface area contributed by atoms with E-state index >= 15 is 4.39 Å². The summed E-state index contributed by atoms with van der Waals surface area (Å²) in [7, 11) is 0. The number of hydrogen-bond donors (Lipinski definition) is 2. The minimum absolute atomic E-state index is 0.0427. The van der Waals surface area contributed by atoms with Crippen LogP contribution in [0.4, 0.5) is 23.2 Å². The average Bonchev–Trinajstić information content (AvgIpc) is 3.66. The van der Waals surface area contributed by atoms with Crippen LogP contribution in [0, 0.1) is 5.82 Å². The second-order valence-electron chi connectivity index (χ2n) is 10.9. The molecular weight excluding hydrogens is 550 g/mol. The molecule has 5 nitrogen and oxygen atoms in total. The van der Waals surface area contributed by atoms with Crippen LogP contribution in [0.1, 0.15) is 51.9 Å². The molecule has 4 aromatic carbocycles. The van der Waals surface area contributed by atoms with Crippen molar-refractivity contribution in [3.63, 3.8) is 0 Å². The van der Waals surface area contributed by atoms with Gasteiger partial charge < -0.3 is 15.2 Å². The number of rotatable bonds is 7. The lowest BCUT2D eigenvalue weighted by molar-refractivity contribution is -0.138. The normalized spacial score (nSPS) is 16.7. The topological polar surface area (TPSA) is 75.6 Å². The number of aliphatic hydroxyl groups is 1. The maximum absolute atomic E-state index is 15.0. The number of nitrogens with one attached hydrogen (secondary N) is 1. The Hall–Kier alpha value is -4.50. The van der Waals surface area contributed by atoms with Gasteiger partial charge in [0, 0.05) is 16.7 Å². The predicted octanol–water partition coefficient (Wildman–Crippen LogP) is 7.13. The molecule has 1 aliphatic carbocycles. The number of hydrogen-bond acceptors (Lipinski definition) is 4. The van der Waals surface area contributed by atoms with Gasteiger partial charge in [-0.15, -0.1) is 0 Å². The van der Waals surface area contributed by atoms with E-state index in [9.17, 15) is 27.9 Å². The van der Waals surface area contributed by atoms with Gasteiger partial charge in [0.25, 0.3) is 5.91 Å². The molecule has 1 fully saturated rings. The zero-order valence-corrected chi connectivity index (χ0v) is 22.2. The molecule has 2 N–H and O–H groups in total. The average molecular weight is 576 g/mol. The van der Waals surface area contributed by atoms with Gasteiger partial charge in [0.1, 0.15) is 12.4 Å². The number of amides is 1. The van der Waals surface area contributed by atoms with Crippen molar-refractivity contribution in [1.82, 2.24) is 0 Å². The Bertz CT molecular complexity index is 1680. The minimum Gasteiger partial charge on any atom is -0.457 e. The van der Waals surface area contributed by atoms with Crippen LogP contribution in [0.5, 0.6) is 0 Å². The molecule has 214 valence electrons. The van der Waals surface area contributed by atoms with Crippen LogP contribution < -0.4 is 5.32 Å². The Kier molecular flexibility index (Phi) is 6.65. The van der Waals surface area contributed by atoms with E-state index in [1.807, 2.05) is 30.3 Å². The minimum atomic E-state index is -4.68. The van der Waals surface area contributed by atoms with Gasteiger partial charge in [-0.1, -0.05) is 54.6 Å². The Labute approximate surface area is 238 Å². The molecule has 0 spiro atoms. The van der Waals surface area contributed by atoms with E-state index < -0.39 is 40.4 Å². The Morgan fingerprint density at radius 1 is 0.881 bits per heavy atom. The van der Waals surface area contributed by atoms with Crippen LogP contribution in [0.25, 0.3) is 11.1 Å². The summed E-state index contributed by atoms with van der Waals surface area (Å²) in [6.07, 6.45) is -4.44. The fraction of sp³-hybridized carbons (Fsp3) is 0.212. The third kappa shape index (κ3) is 5.05. The van der Waals surface area contributed by atoms with E-state index in [1.165, 1.54) is 12.1 Å². The maximum atomic E-state index is 15.0. The third-order valence-corrected chi connectivity index (χ3v) is 8.10. The second-order valence-corrected chi connectivity index (χ2v) is 10.9. The smallest absolute Gasteiger partial charge is 0.416 e. The number of cyclic esters (lactones) is 1. The molecule has 0 saturated heterocycles. The van der Waals surface area contributed by atoms with Crippen LogP contribution in [0.15, 0.2) is 91.0 Å². The molecule has 0 radical (unpaired) electrons. The maximum Gasteiger partial charge on any atom is 0.416 e. The zero-order valence-electron chi connectivity index (χ0n) is 22.2. The van der Waals surface area contributed by atoms with Crippen molar-refractivity contribution in [3.05, 3.63) is 125 Å². The molecule has 1 atom stereocenters. The monoisotopic (exact) mass is 575 g/mol. The van der Waals surface area contributed by atoms with Crippen molar-refractivity contribution in [3.8, 4) is 11.1 Å². The molecule has 0 bridgehead atoms. The number of carbonyl (C=O) groups excluding carboxylic acids is 2. The first-order chi connectivity index (χ1) is 20.0. The Morgan fingerprint density at radius 2 is 1.55 bits per heavy atom. The highest BCUT2D eigenvalue weighted by atomic mass is 19.4. The quantitative estimate of drug-likeness (QED) is 0.182. The van der Waals surface area contributed by atoms with Crippen LogP contribution >= 0.6 is 0 Å². The predicted molar refractivity (Wildman–Crippen MR) is 147 cm³/mol. The summed E-state index contributed by atoms with van der Waals surface area (Å²) in [5.41, 5.74) is -1.42. The molecule has 0 aromatic heterocycles. The SMILES string of the molecule is O=C1OCc2cc(NC(=O)C(O)(CC3(c4cc(C(F)(F)F)ccc4F)CC3)c3ccc(-c4ccccc4)cc3)ccc21. The lowest BCUT2D eigenvalue weighted by atomic mass is 9.78. The molecule has 2 aliphatic rings. The van der Waals surface area contributed by atoms with Gasteiger partial charge >= 0.3 is 12.1 Å². The Morgan fingerprint density at radius 3 is 2.21 bits per heavy atom. The van der Waals surface area contributed by atoms with Gasteiger partial charge in [-0.05, 0) is 77.9 Å². The number of halogens is 4. The molecule has 4 aromatic rings. The highest BCUT2D eigenvalue weighted by molar-refractivity contribution is 5.99. The van der Waals surface area contributed by atoms with Gasteiger partial charge in [-0.2, -0.15) is 13.2 Å². The van der Waals surface area contributed by atoms with Crippen molar-refractivity contribution in [2.75, 3.05) is 5.32 Å². The number of esters is 1. The van der Waals surface area contributed by atoms with E-state index in [4.69, 9.17) is 4.74 Å². The van der Waals surface area contributed by atoms with E-state index in [-0.39, 0.29) is 24.2 Å². The van der Waals surface area contributed by atoms with Gasteiger partial charge in [0.15, 0.2) is 5.60 Å². The molecule has 1 unspecified atom stereocenters. The van der Waals surface area contributed by atoms with E-state index in [2.05, 4.69) is 5.32 Å². The highest BCUT2D eigenvalue weighted by Crippen LogP contribution is 2.56. The summed E-state index contributed by atoms with van der Waals surface area (Å²) in [4.78, 5) is 25.7. The van der Waals surface area contributed by atoms with Crippen LogP contribution in [-0.4, -0.2) is 17.0 Å². The van der Waals surface area contributed by atoms with Crippen molar-refractivity contribution >= 4 is 17.6 Å². The molecule has 9 heteroatoms. The van der Waals surface area contributed by atoms with Gasteiger partial charge in [0.05, 0.1) is 11.1 Å². The Balaban J connectivity index is 1.38. The number of carbonyl (C=O) groups is 2. The van der Waals surface area contributed by atoms with Gasteiger partial charge in [0.2, 0.25) is 0 Å². The first-order valence-corrected chi connectivity index (χ1v) is 13.4. The lowest BCUT2D eigenvalue weighted by Crippen LogP contribution is -2.43. The van der Waals surface area contributed by atoms with E-state index in [0.717, 1.165) is 23.3 Å². The standard InChI is InChI=1S/C33H25F4NO4/c34-28-13-10-24(33(35,36)37)17-27(28)31(14-15-31)19-32(41,23-8-6-21(7-9-23)20-4-2-1-3-5-20)30(40)38-25-11-12-26-22(16-25)18-42-29(26)39/h1-13,16-17,41H,14-15,18-19H2,(H,38,40). The first kappa shape index (κ1) is 27.7. The molecule has 1 aliphatic heterocycles. The summed E-state index contributed by atoms with van der Waals surface area (Å²) in [5.74, 6) is -2.14. The molecule has 42 heavy (non-hydrogen) atoms. The number of alkyl halides is 3. The van der Waals surface area contributed by atoms with Crippen molar-refractivity contribution < 1.29 is 37.0 Å². The van der Waals surface area contributed by atoms with Crippen molar-refractivity contribution in [2.24, 2.45) is 0 Å². The fourth-order valence-corrected chi connectivity index (χ4v) is 5.62. The lowest BCUT2D eigenvalue weighted by Gasteiger charge is -2.32. The number of benzene rings is 4. The molecule has 1 amide bonds. The number of fused-ring (bicyclic) bond motifs is 1. The molecule has 6 rings (SSSR count). The summed E-state index contributed by atoms with van der Waals surface area (Å²) in [5, 5.41) is 14.8. The zero-order chi connectivity index (χ0) is 29.7. The fourth-order valence-electron chi connectivity index (χ4n) is 5.62. The van der Waals surface area contributed by atoms with Crippen molar-refractivity contribution in [2.45, 2.75) is 43.1 Å². The molecule has 1 saturated carbocycles. The first-order valence-electron chi connectivity index (χ1n) is 13.4. The largest absolute Gasteiger partial charge is 0.457 e. The number of ether oxygens (including phenoxy) is 1.